The van der Waals surface area contributed by atoms with Crippen molar-refractivity contribution < 1.29 is 42.1 Å². The minimum absolute atomic E-state index is 0.0252. The summed E-state index contributed by atoms with van der Waals surface area (Å²) in [5, 5.41) is 15.5. The van der Waals surface area contributed by atoms with Crippen molar-refractivity contribution >= 4 is 23.5 Å². The number of hydrogen-bond acceptors (Lipinski definition) is 8. The van der Waals surface area contributed by atoms with Gasteiger partial charge in [-0.15, -0.1) is 0 Å². The smallest absolute Gasteiger partial charge is 0.416 e. The molecule has 3 aromatic rings. The quantitative estimate of drug-likeness (QED) is 0.0651. The third kappa shape index (κ3) is 9.05. The molecule has 4 rings (SSSR count). The van der Waals surface area contributed by atoms with Crippen LogP contribution in [-0.4, -0.2) is 47.2 Å². The number of aliphatic hydroxyl groups excluding tert-OH is 1. The van der Waals surface area contributed by atoms with Crippen LogP contribution in [0.25, 0.3) is 10.4 Å². The van der Waals surface area contributed by atoms with Gasteiger partial charge in [0.25, 0.3) is 5.91 Å². The molecule has 0 aliphatic carbocycles. The van der Waals surface area contributed by atoms with E-state index in [-0.39, 0.29) is 43.1 Å². The van der Waals surface area contributed by atoms with E-state index in [0.717, 1.165) is 12.1 Å². The Balaban J connectivity index is 1.78. The molecular formula is C34H36F3N5O6. The van der Waals surface area contributed by atoms with Crippen LogP contribution in [-0.2, 0) is 31.8 Å². The van der Waals surface area contributed by atoms with Crippen molar-refractivity contribution in [1.29, 1.82) is 0 Å². The molecule has 2 N–H and O–H groups in total. The van der Waals surface area contributed by atoms with Crippen LogP contribution in [0.4, 0.5) is 18.9 Å². The van der Waals surface area contributed by atoms with Gasteiger partial charge >= 0.3 is 12.1 Å². The molecule has 0 aromatic heterocycles. The molecule has 3 aromatic carbocycles. The highest BCUT2D eigenvalue weighted by atomic mass is 19.4. The number of benzene rings is 3. The minimum atomic E-state index is -4.58. The lowest BCUT2D eigenvalue weighted by Crippen LogP contribution is -2.48. The maximum absolute atomic E-state index is 14.3. The largest absolute Gasteiger partial charge is 0.494 e. The molecule has 1 aliphatic rings. The van der Waals surface area contributed by atoms with Crippen LogP contribution in [0, 0.1) is 0 Å². The highest BCUT2D eigenvalue weighted by Gasteiger charge is 2.54. The van der Waals surface area contributed by atoms with Crippen molar-refractivity contribution in [2.45, 2.75) is 70.0 Å². The Bertz CT molecular complexity index is 1680. The first kappa shape index (κ1) is 35.8. The first-order valence-corrected chi connectivity index (χ1v) is 15.2. The number of halogens is 3. The van der Waals surface area contributed by atoms with Crippen LogP contribution in [0.3, 0.4) is 0 Å². The summed E-state index contributed by atoms with van der Waals surface area (Å²) in [7, 11) is 0. The van der Waals surface area contributed by atoms with Crippen molar-refractivity contribution in [2.24, 2.45) is 10.1 Å². The average molecular weight is 668 g/mol. The van der Waals surface area contributed by atoms with E-state index < -0.39 is 40.9 Å². The van der Waals surface area contributed by atoms with E-state index in [9.17, 15) is 28.3 Å². The molecule has 0 bridgehead atoms. The second kappa shape index (κ2) is 15.2. The van der Waals surface area contributed by atoms with Crippen molar-refractivity contribution in [3.05, 3.63) is 105 Å². The van der Waals surface area contributed by atoms with Gasteiger partial charge in [0.1, 0.15) is 11.4 Å². The predicted octanol–water partition coefficient (Wildman–Crippen LogP) is 7.10. The molecule has 254 valence electrons. The van der Waals surface area contributed by atoms with Gasteiger partial charge in [0.15, 0.2) is 11.6 Å². The van der Waals surface area contributed by atoms with Crippen LogP contribution < -0.4 is 10.1 Å². The molecule has 0 fully saturated rings. The van der Waals surface area contributed by atoms with E-state index in [1.165, 1.54) is 18.2 Å². The normalized spacial score (nSPS) is 17.5. The van der Waals surface area contributed by atoms with Crippen LogP contribution in [0.2, 0.25) is 0 Å². The van der Waals surface area contributed by atoms with Crippen LogP contribution in [0.5, 0.6) is 5.75 Å². The van der Waals surface area contributed by atoms with E-state index in [0.29, 0.717) is 29.9 Å². The Hall–Kier alpha value is -5.07. The maximum atomic E-state index is 14.3. The zero-order valence-corrected chi connectivity index (χ0v) is 26.7. The fraction of sp³-hybridized carbons (Fsp3) is 0.382. The first-order chi connectivity index (χ1) is 22.8. The summed E-state index contributed by atoms with van der Waals surface area (Å²) >= 11 is 0. The van der Waals surface area contributed by atoms with Gasteiger partial charge in [0, 0.05) is 47.7 Å². The summed E-state index contributed by atoms with van der Waals surface area (Å²) in [4.78, 5) is 35.0. The molecule has 14 heteroatoms. The molecule has 11 nitrogen and oxygen atoms in total. The van der Waals surface area contributed by atoms with E-state index in [4.69, 9.17) is 24.3 Å². The van der Waals surface area contributed by atoms with Gasteiger partial charge < -0.3 is 24.6 Å². The Morgan fingerprint density at radius 1 is 1.08 bits per heavy atom. The lowest BCUT2D eigenvalue weighted by atomic mass is 9.82. The number of azide groups is 1. The minimum Gasteiger partial charge on any atom is -0.494 e. The number of nitrogens with one attached hydrogen (secondary N) is 1. The van der Waals surface area contributed by atoms with Crippen molar-refractivity contribution in [1.82, 2.24) is 5.32 Å². The van der Waals surface area contributed by atoms with Gasteiger partial charge in [-0.2, -0.15) is 13.2 Å². The Labute approximate surface area is 275 Å². The fourth-order valence-corrected chi connectivity index (χ4v) is 5.07. The van der Waals surface area contributed by atoms with Gasteiger partial charge in [0.05, 0.1) is 12.2 Å². The Morgan fingerprint density at radius 2 is 1.81 bits per heavy atom. The number of amides is 1. The second-order valence-corrected chi connectivity index (χ2v) is 12.0. The van der Waals surface area contributed by atoms with Gasteiger partial charge in [-0.1, -0.05) is 41.5 Å². The summed E-state index contributed by atoms with van der Waals surface area (Å²) < 4.78 is 57.7. The molecule has 1 amide bonds. The van der Waals surface area contributed by atoms with Crippen LogP contribution in [0.1, 0.15) is 68.4 Å². The SMILES string of the molecule is CC(C)(C)OC(=O)CC[C@@]1(C(=O)NCc2cccc(C(F)(F)F)c2)N=C(c2ccc(OCCCO)cc2)O[C@@H]1c1ccccc1N=[N+]=[N-]. The highest BCUT2D eigenvalue weighted by molar-refractivity contribution is 6.01. The van der Waals surface area contributed by atoms with Gasteiger partial charge in [-0.05, 0) is 74.7 Å². The number of ether oxygens (including phenoxy) is 3. The van der Waals surface area contributed by atoms with Crippen molar-refractivity contribution in [2.75, 3.05) is 13.2 Å². The lowest BCUT2D eigenvalue weighted by molar-refractivity contribution is -0.155. The van der Waals surface area contributed by atoms with E-state index in [2.05, 4.69) is 15.3 Å². The number of aliphatic imine (C=N–C) groups is 1. The molecule has 0 spiro atoms. The van der Waals surface area contributed by atoms with Gasteiger partial charge in [0.2, 0.25) is 5.90 Å². The number of rotatable bonds is 13. The van der Waals surface area contributed by atoms with Gasteiger partial charge in [-0.3, -0.25) is 9.59 Å². The number of esters is 1. The molecular weight excluding hydrogens is 631 g/mol. The molecule has 0 saturated heterocycles. The van der Waals surface area contributed by atoms with E-state index >= 15 is 0 Å². The summed E-state index contributed by atoms with van der Waals surface area (Å²) in [6, 6.07) is 17.6. The number of alkyl halides is 3. The predicted molar refractivity (Wildman–Crippen MR) is 170 cm³/mol. The number of hydrogen-bond donors (Lipinski definition) is 2. The molecule has 1 heterocycles. The fourth-order valence-electron chi connectivity index (χ4n) is 5.07. The first-order valence-electron chi connectivity index (χ1n) is 15.2. The van der Waals surface area contributed by atoms with Crippen molar-refractivity contribution in [3.8, 4) is 5.75 Å². The number of aliphatic hydroxyl groups is 1. The monoisotopic (exact) mass is 667 g/mol. The number of carbonyl (C=O) groups excluding carboxylic acids is 2. The summed E-state index contributed by atoms with van der Waals surface area (Å²) in [6.07, 6.45) is -5.86. The third-order valence-electron chi connectivity index (χ3n) is 7.24. The third-order valence-corrected chi connectivity index (χ3v) is 7.24. The second-order valence-electron chi connectivity index (χ2n) is 12.0. The van der Waals surface area contributed by atoms with Gasteiger partial charge in [-0.25, -0.2) is 4.99 Å². The lowest BCUT2D eigenvalue weighted by Gasteiger charge is -2.31. The summed E-state index contributed by atoms with van der Waals surface area (Å²) in [6.45, 7) is 5.09. The molecule has 48 heavy (non-hydrogen) atoms. The van der Waals surface area contributed by atoms with E-state index in [1.54, 1.807) is 63.2 Å². The maximum Gasteiger partial charge on any atom is 0.416 e. The zero-order chi connectivity index (χ0) is 35.0. The standard InChI is InChI=1S/C34H36F3N5O6/c1-32(2,3)48-28(44)16-17-33(31(45)39-21-22-8-6-9-24(20-22)34(35,36)37)29(26-10-4-5-11-27(26)41-42-38)47-30(40-33)23-12-14-25(15-13-23)46-19-7-18-43/h4-6,8-15,20,29,43H,7,16-19,21H2,1-3H3,(H,39,45)/t29-,33-/m1/s1. The van der Waals surface area contributed by atoms with Crippen molar-refractivity contribution in [3.63, 3.8) is 0 Å². The highest BCUT2D eigenvalue weighted by Crippen LogP contribution is 2.46. The topological polar surface area (TPSA) is 155 Å². The molecule has 0 radical (unpaired) electrons. The molecule has 0 saturated carbocycles. The molecule has 0 unspecified atom stereocenters. The number of carbonyl (C=O) groups is 2. The molecule has 1 aliphatic heterocycles. The van der Waals surface area contributed by atoms with Crippen LogP contribution >= 0.6 is 0 Å². The summed E-state index contributed by atoms with van der Waals surface area (Å²) in [5.74, 6) is -0.784. The Kier molecular flexibility index (Phi) is 11.3. The zero-order valence-electron chi connectivity index (χ0n) is 26.7. The van der Waals surface area contributed by atoms with Crippen LogP contribution in [0.15, 0.2) is 82.9 Å². The summed E-state index contributed by atoms with van der Waals surface area (Å²) in [5.41, 5.74) is 6.84. The Morgan fingerprint density at radius 3 is 2.48 bits per heavy atom. The average Bonchev–Trinajstić information content (AvgIpc) is 3.43. The number of nitrogens with zero attached hydrogens (tertiary/aromatic N) is 4. The molecule has 2 atom stereocenters. The van der Waals surface area contributed by atoms with E-state index in [1.807, 2.05) is 0 Å².